The van der Waals surface area contributed by atoms with Crippen molar-refractivity contribution in [3.05, 3.63) is 18.2 Å². The summed E-state index contributed by atoms with van der Waals surface area (Å²) in [6, 6.07) is 5.80. The minimum absolute atomic E-state index is 0.0612. The van der Waals surface area contributed by atoms with E-state index in [1.807, 2.05) is 23.1 Å². The fraction of sp³-hybridized carbons (Fsp3) is 0.417. The Bertz CT molecular complexity index is 447. The molecule has 0 bridgehead atoms. The summed E-state index contributed by atoms with van der Waals surface area (Å²) < 4.78 is 11.0. The lowest BCUT2D eigenvalue weighted by Crippen LogP contribution is -2.47. The van der Waals surface area contributed by atoms with Crippen molar-refractivity contribution in [1.82, 2.24) is 5.32 Å². The first-order valence-electron chi connectivity index (χ1n) is 5.74. The van der Waals surface area contributed by atoms with Crippen LogP contribution in [-0.4, -0.2) is 38.8 Å². The van der Waals surface area contributed by atoms with Crippen LogP contribution in [0.5, 0.6) is 11.5 Å². The molecule has 5 heteroatoms. The Morgan fingerprint density at radius 2 is 2.00 bits per heavy atom. The van der Waals surface area contributed by atoms with E-state index in [1.54, 1.807) is 0 Å². The maximum Gasteiger partial charge on any atom is 0.239 e. The minimum atomic E-state index is 0.0612. The van der Waals surface area contributed by atoms with E-state index in [0.717, 1.165) is 23.7 Å². The van der Waals surface area contributed by atoms with Gasteiger partial charge in [0, 0.05) is 24.8 Å². The molecule has 1 saturated heterocycles. The zero-order valence-corrected chi connectivity index (χ0v) is 9.44. The van der Waals surface area contributed by atoms with E-state index in [0.29, 0.717) is 26.3 Å². The van der Waals surface area contributed by atoms with E-state index in [9.17, 15) is 4.79 Å². The molecule has 1 aromatic rings. The van der Waals surface area contributed by atoms with Gasteiger partial charge in [0.25, 0.3) is 0 Å². The molecule has 0 saturated carbocycles. The molecule has 2 aliphatic heterocycles. The molecule has 3 rings (SSSR count). The standard InChI is InChI=1S/C12H14N2O3/c15-12-8-14(4-3-13-12)9-1-2-10-11(7-9)17-6-5-16-10/h1-2,7H,3-6,8H2,(H,13,15). The maximum atomic E-state index is 11.3. The zero-order chi connectivity index (χ0) is 11.7. The van der Waals surface area contributed by atoms with Crippen LogP contribution in [0.2, 0.25) is 0 Å². The number of nitrogens with one attached hydrogen (secondary N) is 1. The van der Waals surface area contributed by atoms with Crippen molar-refractivity contribution < 1.29 is 14.3 Å². The number of nitrogens with zero attached hydrogens (tertiary/aromatic N) is 1. The fourth-order valence-corrected chi connectivity index (χ4v) is 2.09. The van der Waals surface area contributed by atoms with Gasteiger partial charge in [0.05, 0.1) is 6.54 Å². The van der Waals surface area contributed by atoms with Crippen molar-refractivity contribution in [2.45, 2.75) is 0 Å². The molecule has 1 N–H and O–H groups in total. The van der Waals surface area contributed by atoms with Crippen LogP contribution in [0.3, 0.4) is 0 Å². The van der Waals surface area contributed by atoms with Gasteiger partial charge in [0.2, 0.25) is 5.91 Å². The normalized spacial score (nSPS) is 18.8. The number of hydrogen-bond acceptors (Lipinski definition) is 4. The number of benzene rings is 1. The SMILES string of the molecule is O=C1CN(c2ccc3c(c2)OCCO3)CCN1. The number of carbonyl (C=O) groups excluding carboxylic acids is 1. The average molecular weight is 234 g/mol. The molecule has 0 aliphatic carbocycles. The third-order valence-electron chi connectivity index (χ3n) is 2.93. The van der Waals surface area contributed by atoms with Gasteiger partial charge in [0.15, 0.2) is 11.5 Å². The molecule has 0 spiro atoms. The third kappa shape index (κ3) is 2.00. The van der Waals surface area contributed by atoms with Crippen molar-refractivity contribution in [3.8, 4) is 11.5 Å². The molecule has 1 aromatic carbocycles. The van der Waals surface area contributed by atoms with E-state index in [-0.39, 0.29) is 5.91 Å². The number of amides is 1. The lowest BCUT2D eigenvalue weighted by atomic mass is 10.2. The highest BCUT2D eigenvalue weighted by Crippen LogP contribution is 2.33. The van der Waals surface area contributed by atoms with Crippen molar-refractivity contribution in [2.75, 3.05) is 37.7 Å². The van der Waals surface area contributed by atoms with Gasteiger partial charge in [-0.15, -0.1) is 0 Å². The van der Waals surface area contributed by atoms with Crippen molar-refractivity contribution in [2.24, 2.45) is 0 Å². The smallest absolute Gasteiger partial charge is 0.239 e. The monoisotopic (exact) mass is 234 g/mol. The number of anilines is 1. The average Bonchev–Trinajstić information content (AvgIpc) is 2.38. The largest absolute Gasteiger partial charge is 0.486 e. The summed E-state index contributed by atoms with van der Waals surface area (Å²) in [6.45, 7) is 3.09. The van der Waals surface area contributed by atoms with E-state index in [1.165, 1.54) is 0 Å². The van der Waals surface area contributed by atoms with E-state index in [2.05, 4.69) is 5.32 Å². The Balaban J connectivity index is 1.85. The molecular formula is C12H14N2O3. The Labute approximate surface area is 99.3 Å². The van der Waals surface area contributed by atoms with Crippen LogP contribution >= 0.6 is 0 Å². The lowest BCUT2D eigenvalue weighted by molar-refractivity contribution is -0.120. The molecule has 17 heavy (non-hydrogen) atoms. The maximum absolute atomic E-state index is 11.3. The van der Waals surface area contributed by atoms with Gasteiger partial charge in [-0.05, 0) is 12.1 Å². The molecule has 2 heterocycles. The number of piperazine rings is 1. The minimum Gasteiger partial charge on any atom is -0.486 e. The van der Waals surface area contributed by atoms with Crippen molar-refractivity contribution in [1.29, 1.82) is 0 Å². The molecule has 1 fully saturated rings. The molecule has 90 valence electrons. The Kier molecular flexibility index (Phi) is 2.51. The first-order valence-corrected chi connectivity index (χ1v) is 5.74. The van der Waals surface area contributed by atoms with Gasteiger partial charge in [-0.1, -0.05) is 0 Å². The third-order valence-corrected chi connectivity index (χ3v) is 2.93. The quantitative estimate of drug-likeness (QED) is 0.764. The second-order valence-electron chi connectivity index (χ2n) is 4.10. The Morgan fingerprint density at radius 1 is 1.18 bits per heavy atom. The van der Waals surface area contributed by atoms with Crippen LogP contribution < -0.4 is 19.7 Å². The second-order valence-corrected chi connectivity index (χ2v) is 4.10. The first-order chi connectivity index (χ1) is 8.33. The number of ether oxygens (including phenoxy) is 2. The highest BCUT2D eigenvalue weighted by Gasteiger charge is 2.19. The van der Waals surface area contributed by atoms with Gasteiger partial charge >= 0.3 is 0 Å². The number of carbonyl (C=O) groups is 1. The second kappa shape index (κ2) is 4.16. The molecule has 2 aliphatic rings. The summed E-state index contributed by atoms with van der Waals surface area (Å²) >= 11 is 0. The predicted molar refractivity (Wildman–Crippen MR) is 62.7 cm³/mol. The molecule has 0 unspecified atom stereocenters. The van der Waals surface area contributed by atoms with Gasteiger partial charge in [-0.25, -0.2) is 0 Å². The van der Waals surface area contributed by atoms with Crippen LogP contribution in [0.4, 0.5) is 5.69 Å². The summed E-state index contributed by atoms with van der Waals surface area (Å²) in [5.41, 5.74) is 1.00. The molecule has 0 aromatic heterocycles. The van der Waals surface area contributed by atoms with Gasteiger partial charge in [-0.3, -0.25) is 4.79 Å². The fourth-order valence-electron chi connectivity index (χ4n) is 2.09. The summed E-state index contributed by atoms with van der Waals surface area (Å²) in [6.07, 6.45) is 0. The van der Waals surface area contributed by atoms with E-state index in [4.69, 9.17) is 9.47 Å². The summed E-state index contributed by atoms with van der Waals surface area (Å²) in [4.78, 5) is 13.4. The molecular weight excluding hydrogens is 220 g/mol. The summed E-state index contributed by atoms with van der Waals surface area (Å²) in [5, 5.41) is 2.81. The van der Waals surface area contributed by atoms with Gasteiger partial charge in [0.1, 0.15) is 13.2 Å². The van der Waals surface area contributed by atoms with Crippen molar-refractivity contribution in [3.63, 3.8) is 0 Å². The van der Waals surface area contributed by atoms with Crippen LogP contribution in [0.1, 0.15) is 0 Å². The molecule has 0 atom stereocenters. The molecule has 5 nitrogen and oxygen atoms in total. The number of hydrogen-bond donors (Lipinski definition) is 1. The van der Waals surface area contributed by atoms with Gasteiger partial charge in [-0.2, -0.15) is 0 Å². The van der Waals surface area contributed by atoms with Crippen LogP contribution in [-0.2, 0) is 4.79 Å². The van der Waals surface area contributed by atoms with Crippen LogP contribution in [0.25, 0.3) is 0 Å². The van der Waals surface area contributed by atoms with E-state index >= 15 is 0 Å². The lowest BCUT2D eigenvalue weighted by Gasteiger charge is -2.29. The predicted octanol–water partition coefficient (Wildman–Crippen LogP) is 0.394. The topological polar surface area (TPSA) is 50.8 Å². The van der Waals surface area contributed by atoms with Crippen molar-refractivity contribution >= 4 is 11.6 Å². The first kappa shape index (κ1) is 10.3. The summed E-state index contributed by atoms with van der Waals surface area (Å²) in [5.74, 6) is 1.60. The van der Waals surface area contributed by atoms with Crippen LogP contribution in [0.15, 0.2) is 18.2 Å². The number of rotatable bonds is 1. The highest BCUT2D eigenvalue weighted by molar-refractivity contribution is 5.82. The highest BCUT2D eigenvalue weighted by atomic mass is 16.6. The zero-order valence-electron chi connectivity index (χ0n) is 9.44. The van der Waals surface area contributed by atoms with E-state index < -0.39 is 0 Å². The van der Waals surface area contributed by atoms with Crippen LogP contribution in [0, 0.1) is 0 Å². The molecule has 0 radical (unpaired) electrons. The Hall–Kier alpha value is -1.91. The Morgan fingerprint density at radius 3 is 2.82 bits per heavy atom. The molecule has 1 amide bonds. The number of fused-ring (bicyclic) bond motifs is 1. The summed E-state index contributed by atoms with van der Waals surface area (Å²) in [7, 11) is 0. The van der Waals surface area contributed by atoms with Gasteiger partial charge < -0.3 is 19.7 Å².